The number of rotatable bonds is 5. The second kappa shape index (κ2) is 8.06. The molecular formula is C21H25N3O3. The molecule has 0 spiro atoms. The summed E-state index contributed by atoms with van der Waals surface area (Å²) in [5.74, 6) is 0.829. The summed E-state index contributed by atoms with van der Waals surface area (Å²) in [7, 11) is 1.64. The summed E-state index contributed by atoms with van der Waals surface area (Å²) >= 11 is 0. The largest absolute Gasteiger partial charge is 0.481 e. The number of ether oxygens (including phenoxy) is 2. The van der Waals surface area contributed by atoms with Crippen molar-refractivity contribution in [3.05, 3.63) is 59.8 Å². The molecule has 0 aliphatic carbocycles. The molecule has 1 aromatic heterocycles. The fraction of sp³-hybridized carbons (Fsp3) is 0.429. The fourth-order valence-corrected chi connectivity index (χ4v) is 4.01. The quantitative estimate of drug-likeness (QED) is 0.810. The first-order chi connectivity index (χ1) is 13.2. The van der Waals surface area contributed by atoms with Crippen LogP contribution in [0.1, 0.15) is 17.5 Å². The van der Waals surface area contributed by atoms with E-state index in [2.05, 4.69) is 22.0 Å². The Bertz CT molecular complexity index is 783. The molecular weight excluding hydrogens is 342 g/mol. The van der Waals surface area contributed by atoms with Crippen LogP contribution in [0.15, 0.2) is 48.7 Å². The van der Waals surface area contributed by atoms with Crippen LogP contribution in [0.4, 0.5) is 0 Å². The molecule has 2 aromatic rings. The fourth-order valence-electron chi connectivity index (χ4n) is 4.01. The molecule has 2 fully saturated rings. The Morgan fingerprint density at radius 1 is 1.15 bits per heavy atom. The molecule has 2 saturated heterocycles. The van der Waals surface area contributed by atoms with Gasteiger partial charge in [-0.15, -0.1) is 0 Å². The van der Waals surface area contributed by atoms with Crippen molar-refractivity contribution in [3.63, 3.8) is 0 Å². The molecule has 1 aromatic carbocycles. The van der Waals surface area contributed by atoms with Crippen molar-refractivity contribution in [3.8, 4) is 5.88 Å². The predicted octanol–water partition coefficient (Wildman–Crippen LogP) is 2.09. The van der Waals surface area contributed by atoms with Crippen LogP contribution >= 0.6 is 0 Å². The SMILES string of the molecule is COc1ncccc1CN1C[C@@H]2OCCC(=O)N(Cc3ccccc3)[C@H]2C1. The molecule has 0 radical (unpaired) electrons. The van der Waals surface area contributed by atoms with Gasteiger partial charge in [-0.05, 0) is 11.6 Å². The van der Waals surface area contributed by atoms with E-state index in [9.17, 15) is 4.79 Å². The summed E-state index contributed by atoms with van der Waals surface area (Å²) in [5.41, 5.74) is 2.20. The van der Waals surface area contributed by atoms with Gasteiger partial charge in [-0.25, -0.2) is 4.98 Å². The van der Waals surface area contributed by atoms with E-state index >= 15 is 0 Å². The van der Waals surface area contributed by atoms with Gasteiger partial charge in [0.2, 0.25) is 11.8 Å². The lowest BCUT2D eigenvalue weighted by Crippen LogP contribution is -2.45. The molecule has 2 aliphatic heterocycles. The zero-order chi connectivity index (χ0) is 18.6. The molecule has 27 heavy (non-hydrogen) atoms. The highest BCUT2D eigenvalue weighted by Gasteiger charge is 2.41. The number of hydrogen-bond acceptors (Lipinski definition) is 5. The summed E-state index contributed by atoms with van der Waals surface area (Å²) in [6, 6.07) is 14.2. The normalized spacial score (nSPS) is 23.1. The second-order valence-electron chi connectivity index (χ2n) is 7.10. The number of carbonyl (C=O) groups is 1. The maximum Gasteiger partial charge on any atom is 0.225 e. The Morgan fingerprint density at radius 2 is 2.00 bits per heavy atom. The lowest BCUT2D eigenvalue weighted by molar-refractivity contribution is -0.133. The van der Waals surface area contributed by atoms with Crippen molar-refractivity contribution in [2.75, 3.05) is 26.8 Å². The first-order valence-corrected chi connectivity index (χ1v) is 9.40. The van der Waals surface area contributed by atoms with Gasteiger partial charge in [0.25, 0.3) is 0 Å². The highest BCUT2D eigenvalue weighted by molar-refractivity contribution is 5.77. The van der Waals surface area contributed by atoms with Gasteiger partial charge in [0, 0.05) is 37.9 Å². The smallest absolute Gasteiger partial charge is 0.225 e. The summed E-state index contributed by atoms with van der Waals surface area (Å²) in [6.07, 6.45) is 2.23. The van der Waals surface area contributed by atoms with Crippen LogP contribution in [0.2, 0.25) is 0 Å². The monoisotopic (exact) mass is 367 g/mol. The Morgan fingerprint density at radius 3 is 2.81 bits per heavy atom. The van der Waals surface area contributed by atoms with Crippen molar-refractivity contribution in [2.24, 2.45) is 0 Å². The van der Waals surface area contributed by atoms with E-state index < -0.39 is 0 Å². The van der Waals surface area contributed by atoms with E-state index in [1.165, 1.54) is 0 Å². The summed E-state index contributed by atoms with van der Waals surface area (Å²) in [4.78, 5) is 21.3. The number of benzene rings is 1. The van der Waals surface area contributed by atoms with Gasteiger partial charge < -0.3 is 14.4 Å². The van der Waals surface area contributed by atoms with Crippen LogP contribution in [0.3, 0.4) is 0 Å². The lowest BCUT2D eigenvalue weighted by Gasteiger charge is -2.30. The molecule has 4 rings (SSSR count). The number of amides is 1. The van der Waals surface area contributed by atoms with Crippen molar-refractivity contribution in [1.82, 2.24) is 14.8 Å². The van der Waals surface area contributed by atoms with Gasteiger partial charge in [0.15, 0.2) is 0 Å². The summed E-state index contributed by atoms with van der Waals surface area (Å²) in [6.45, 7) is 3.47. The molecule has 2 atom stereocenters. The van der Waals surface area contributed by atoms with Gasteiger partial charge in [0.05, 0.1) is 32.3 Å². The van der Waals surface area contributed by atoms with Crippen LogP contribution in [0.5, 0.6) is 5.88 Å². The number of hydrogen-bond donors (Lipinski definition) is 0. The van der Waals surface area contributed by atoms with E-state index in [4.69, 9.17) is 9.47 Å². The molecule has 1 amide bonds. The first kappa shape index (κ1) is 17.9. The van der Waals surface area contributed by atoms with Crippen molar-refractivity contribution in [2.45, 2.75) is 31.7 Å². The molecule has 0 unspecified atom stereocenters. The molecule has 2 aliphatic rings. The highest BCUT2D eigenvalue weighted by Crippen LogP contribution is 2.27. The van der Waals surface area contributed by atoms with E-state index in [1.54, 1.807) is 13.3 Å². The van der Waals surface area contributed by atoms with Crippen LogP contribution in [-0.4, -0.2) is 59.6 Å². The Kier molecular flexibility index (Phi) is 5.36. The van der Waals surface area contributed by atoms with Crippen LogP contribution in [-0.2, 0) is 22.6 Å². The van der Waals surface area contributed by atoms with Crippen molar-refractivity contribution < 1.29 is 14.3 Å². The van der Waals surface area contributed by atoms with Gasteiger partial charge >= 0.3 is 0 Å². The molecule has 6 nitrogen and oxygen atoms in total. The summed E-state index contributed by atoms with van der Waals surface area (Å²) in [5, 5.41) is 0. The zero-order valence-corrected chi connectivity index (χ0v) is 15.6. The lowest BCUT2D eigenvalue weighted by atomic mass is 10.1. The Hall–Kier alpha value is -2.44. The number of pyridine rings is 1. The molecule has 3 heterocycles. The Labute approximate surface area is 159 Å². The third-order valence-electron chi connectivity index (χ3n) is 5.31. The molecule has 142 valence electrons. The number of likely N-dealkylation sites (tertiary alicyclic amines) is 1. The second-order valence-corrected chi connectivity index (χ2v) is 7.10. The molecule has 6 heteroatoms. The van der Waals surface area contributed by atoms with Gasteiger partial charge in [-0.1, -0.05) is 36.4 Å². The van der Waals surface area contributed by atoms with Gasteiger partial charge in [0.1, 0.15) is 0 Å². The minimum atomic E-state index is 0.0443. The van der Waals surface area contributed by atoms with Crippen LogP contribution in [0, 0.1) is 0 Å². The predicted molar refractivity (Wildman–Crippen MR) is 101 cm³/mol. The summed E-state index contributed by atoms with van der Waals surface area (Å²) < 4.78 is 11.4. The van der Waals surface area contributed by atoms with E-state index in [0.29, 0.717) is 25.5 Å². The first-order valence-electron chi connectivity index (χ1n) is 9.40. The topological polar surface area (TPSA) is 54.9 Å². The number of aromatic nitrogens is 1. The van der Waals surface area contributed by atoms with Crippen LogP contribution < -0.4 is 4.74 Å². The molecule has 0 bridgehead atoms. The van der Waals surface area contributed by atoms with E-state index in [-0.39, 0.29) is 18.1 Å². The van der Waals surface area contributed by atoms with Crippen molar-refractivity contribution in [1.29, 1.82) is 0 Å². The van der Waals surface area contributed by atoms with E-state index in [1.807, 2.05) is 35.2 Å². The zero-order valence-electron chi connectivity index (χ0n) is 15.6. The maximum absolute atomic E-state index is 12.7. The van der Waals surface area contributed by atoms with Gasteiger partial charge in [-0.3, -0.25) is 9.69 Å². The number of nitrogens with zero attached hydrogens (tertiary/aromatic N) is 3. The minimum Gasteiger partial charge on any atom is -0.481 e. The Balaban J connectivity index is 1.51. The third kappa shape index (κ3) is 3.96. The highest BCUT2D eigenvalue weighted by atomic mass is 16.5. The van der Waals surface area contributed by atoms with E-state index in [0.717, 1.165) is 30.8 Å². The minimum absolute atomic E-state index is 0.0443. The number of methoxy groups -OCH3 is 1. The van der Waals surface area contributed by atoms with Gasteiger partial charge in [-0.2, -0.15) is 0 Å². The molecule has 0 N–H and O–H groups in total. The van der Waals surface area contributed by atoms with Crippen LogP contribution in [0.25, 0.3) is 0 Å². The maximum atomic E-state index is 12.7. The standard InChI is InChI=1S/C21H25N3O3/c1-26-21-17(8-5-10-22-21)13-23-14-18-19(15-23)27-11-9-20(25)24(18)12-16-6-3-2-4-7-16/h2-8,10,18-19H,9,11-15H2,1H3/t18-,19-/m0/s1. The third-order valence-corrected chi connectivity index (χ3v) is 5.31. The van der Waals surface area contributed by atoms with Crippen molar-refractivity contribution >= 4 is 5.91 Å². The number of fused-ring (bicyclic) bond motifs is 1. The average Bonchev–Trinajstić information content (AvgIpc) is 3.03. The molecule has 0 saturated carbocycles. The number of carbonyl (C=O) groups excluding carboxylic acids is 1. The average molecular weight is 367 g/mol.